The SMILES string of the molecule is CC/C=C\C/C=C\C/C=C\C/C=C\CCCCCCCCCCCCC(=O)OC(COCCCCCC/C=C\C/C=C\C/C=C\CC)COP(=O)(O)OCC(O)CO. The molecular formula is C48H83O9P. The predicted octanol–water partition coefficient (Wildman–Crippen LogP) is 12.7. The van der Waals surface area contributed by atoms with Crippen LogP contribution in [0.15, 0.2) is 85.1 Å². The van der Waals surface area contributed by atoms with Gasteiger partial charge in [-0.15, -0.1) is 0 Å². The van der Waals surface area contributed by atoms with Crippen LogP contribution in [0, 0.1) is 0 Å². The molecule has 0 bridgehead atoms. The van der Waals surface area contributed by atoms with Gasteiger partial charge in [0.05, 0.1) is 26.4 Å². The molecule has 10 heteroatoms. The Hall–Kier alpha value is -2.36. The minimum atomic E-state index is -4.53. The van der Waals surface area contributed by atoms with E-state index < -0.39 is 45.8 Å². The highest BCUT2D eigenvalue weighted by molar-refractivity contribution is 7.47. The van der Waals surface area contributed by atoms with Crippen molar-refractivity contribution in [2.75, 3.05) is 33.0 Å². The van der Waals surface area contributed by atoms with Gasteiger partial charge in [0.2, 0.25) is 0 Å². The number of carbonyl (C=O) groups is 1. The smallest absolute Gasteiger partial charge is 0.457 e. The summed E-state index contributed by atoms with van der Waals surface area (Å²) in [6.07, 6.45) is 54.0. The van der Waals surface area contributed by atoms with Crippen LogP contribution in [0.4, 0.5) is 0 Å². The summed E-state index contributed by atoms with van der Waals surface area (Å²) < 4.78 is 33.4. The van der Waals surface area contributed by atoms with Gasteiger partial charge >= 0.3 is 13.8 Å². The fourth-order valence-electron chi connectivity index (χ4n) is 5.71. The molecule has 0 aromatic carbocycles. The Bertz CT molecular complexity index is 1170. The highest BCUT2D eigenvalue weighted by Crippen LogP contribution is 2.43. The van der Waals surface area contributed by atoms with Gasteiger partial charge in [0.25, 0.3) is 0 Å². The molecule has 0 rings (SSSR count). The highest BCUT2D eigenvalue weighted by atomic mass is 31.2. The molecule has 3 N–H and O–H groups in total. The van der Waals surface area contributed by atoms with Crippen LogP contribution >= 0.6 is 7.82 Å². The van der Waals surface area contributed by atoms with Crippen LogP contribution < -0.4 is 0 Å². The highest BCUT2D eigenvalue weighted by Gasteiger charge is 2.26. The van der Waals surface area contributed by atoms with E-state index in [0.29, 0.717) is 13.0 Å². The number of allylic oxidation sites excluding steroid dienone is 14. The monoisotopic (exact) mass is 835 g/mol. The van der Waals surface area contributed by atoms with Gasteiger partial charge in [0.15, 0.2) is 0 Å². The Kier molecular flexibility index (Phi) is 42.4. The molecule has 0 spiro atoms. The van der Waals surface area contributed by atoms with Gasteiger partial charge in [-0.3, -0.25) is 13.8 Å². The predicted molar refractivity (Wildman–Crippen MR) is 242 cm³/mol. The molecule has 0 amide bonds. The Balaban J connectivity index is 4.16. The fraction of sp³-hybridized carbons (Fsp3) is 0.688. The third kappa shape index (κ3) is 43.2. The molecule has 3 atom stereocenters. The van der Waals surface area contributed by atoms with Gasteiger partial charge in [0.1, 0.15) is 12.2 Å². The molecule has 0 aromatic heterocycles. The first-order valence-corrected chi connectivity index (χ1v) is 24.1. The van der Waals surface area contributed by atoms with Crippen molar-refractivity contribution in [3.05, 3.63) is 85.1 Å². The first-order chi connectivity index (χ1) is 28.3. The Morgan fingerprint density at radius 3 is 1.40 bits per heavy atom. The van der Waals surface area contributed by atoms with Crippen molar-refractivity contribution in [3.63, 3.8) is 0 Å². The van der Waals surface area contributed by atoms with Gasteiger partial charge in [0, 0.05) is 13.0 Å². The molecule has 0 heterocycles. The maximum Gasteiger partial charge on any atom is 0.472 e. The third-order valence-electron chi connectivity index (χ3n) is 9.08. The summed E-state index contributed by atoms with van der Waals surface area (Å²) in [5.74, 6) is -0.399. The van der Waals surface area contributed by atoms with Crippen molar-refractivity contribution in [2.24, 2.45) is 0 Å². The van der Waals surface area contributed by atoms with Crippen LogP contribution in [0.1, 0.15) is 168 Å². The van der Waals surface area contributed by atoms with Crippen molar-refractivity contribution < 1.29 is 43.0 Å². The van der Waals surface area contributed by atoms with E-state index in [9.17, 15) is 19.4 Å². The first-order valence-electron chi connectivity index (χ1n) is 22.6. The molecular weight excluding hydrogens is 751 g/mol. The topological polar surface area (TPSA) is 132 Å². The van der Waals surface area contributed by atoms with Gasteiger partial charge in [-0.05, 0) is 83.5 Å². The largest absolute Gasteiger partial charge is 0.472 e. The number of aliphatic hydroxyl groups excluding tert-OH is 2. The fourth-order valence-corrected chi connectivity index (χ4v) is 6.50. The zero-order valence-corrected chi connectivity index (χ0v) is 37.4. The quantitative estimate of drug-likeness (QED) is 0.0238. The maximum absolute atomic E-state index is 12.6. The number of carbonyl (C=O) groups excluding carboxylic acids is 1. The summed E-state index contributed by atoms with van der Waals surface area (Å²) >= 11 is 0. The van der Waals surface area contributed by atoms with Crippen LogP contribution in [0.25, 0.3) is 0 Å². The van der Waals surface area contributed by atoms with Crippen molar-refractivity contribution in [1.29, 1.82) is 0 Å². The van der Waals surface area contributed by atoms with Crippen LogP contribution in [0.3, 0.4) is 0 Å². The lowest BCUT2D eigenvalue weighted by molar-refractivity contribution is -0.154. The zero-order chi connectivity index (χ0) is 42.5. The molecule has 0 fully saturated rings. The molecule has 0 aliphatic rings. The number of hydrogen-bond acceptors (Lipinski definition) is 8. The maximum atomic E-state index is 12.6. The number of phosphoric ester groups is 1. The van der Waals surface area contributed by atoms with E-state index in [0.717, 1.165) is 103 Å². The summed E-state index contributed by atoms with van der Waals surface area (Å²) in [6, 6.07) is 0. The summed E-state index contributed by atoms with van der Waals surface area (Å²) in [5, 5.41) is 18.4. The number of esters is 1. The van der Waals surface area contributed by atoms with E-state index in [-0.39, 0.29) is 13.0 Å². The van der Waals surface area contributed by atoms with Crippen molar-refractivity contribution >= 4 is 13.8 Å². The second kappa shape index (κ2) is 44.2. The van der Waals surface area contributed by atoms with Crippen molar-refractivity contribution in [3.8, 4) is 0 Å². The van der Waals surface area contributed by atoms with Crippen LogP contribution in [0.2, 0.25) is 0 Å². The van der Waals surface area contributed by atoms with E-state index in [1.54, 1.807) is 0 Å². The average Bonchev–Trinajstić information content (AvgIpc) is 3.21. The van der Waals surface area contributed by atoms with Crippen molar-refractivity contribution in [1.82, 2.24) is 0 Å². The van der Waals surface area contributed by atoms with Gasteiger partial charge in [-0.2, -0.15) is 0 Å². The summed E-state index contributed by atoms with van der Waals surface area (Å²) in [5.41, 5.74) is 0. The van der Waals surface area contributed by atoms with E-state index in [1.807, 2.05) is 0 Å². The number of rotatable bonds is 42. The molecule has 9 nitrogen and oxygen atoms in total. The van der Waals surface area contributed by atoms with E-state index in [2.05, 4.69) is 98.9 Å². The normalized spacial score (nSPS) is 14.8. The van der Waals surface area contributed by atoms with Gasteiger partial charge in [-0.25, -0.2) is 4.57 Å². The molecule has 3 unspecified atom stereocenters. The minimum Gasteiger partial charge on any atom is -0.457 e. The average molecular weight is 835 g/mol. The summed E-state index contributed by atoms with van der Waals surface area (Å²) in [4.78, 5) is 22.6. The second-order valence-corrected chi connectivity index (χ2v) is 16.1. The third-order valence-corrected chi connectivity index (χ3v) is 10.0. The first kappa shape index (κ1) is 55.6. The molecule has 0 aliphatic heterocycles. The van der Waals surface area contributed by atoms with Gasteiger partial charge in [-0.1, -0.05) is 163 Å². The van der Waals surface area contributed by atoms with E-state index in [4.69, 9.17) is 23.6 Å². The molecule has 0 radical (unpaired) electrons. The number of ether oxygens (including phenoxy) is 2. The number of phosphoric acid groups is 1. The lowest BCUT2D eigenvalue weighted by atomic mass is 10.0. The lowest BCUT2D eigenvalue weighted by Gasteiger charge is -2.20. The minimum absolute atomic E-state index is 0.0277. The molecule has 58 heavy (non-hydrogen) atoms. The van der Waals surface area contributed by atoms with Crippen LogP contribution in [-0.4, -0.2) is 66.3 Å². The molecule has 0 saturated heterocycles. The molecule has 334 valence electrons. The number of aliphatic hydroxyl groups is 2. The van der Waals surface area contributed by atoms with E-state index >= 15 is 0 Å². The Labute approximate surface area is 354 Å². The van der Waals surface area contributed by atoms with Crippen LogP contribution in [0.5, 0.6) is 0 Å². The molecule has 0 aromatic rings. The van der Waals surface area contributed by atoms with Crippen molar-refractivity contribution in [2.45, 2.75) is 180 Å². The standard InChI is InChI=1S/C48H83O9P/c1-3-5-7-9-11-13-15-17-19-20-21-22-23-24-25-26-27-28-30-32-34-36-38-40-48(51)57-47(45-56-58(52,53)55-43-46(50)42-49)44-54-41-39-37-35-33-31-29-18-16-14-12-10-8-6-4-2/h5-8,11-14,17-19,21-22,29,46-47,49-50H,3-4,9-10,15-16,20,23-28,30-45H2,1-2H3,(H,52,53)/b7-5-,8-6-,13-11-,14-12-,19-17-,22-21-,29-18-. The Morgan fingerprint density at radius 2 is 0.931 bits per heavy atom. The summed E-state index contributed by atoms with van der Waals surface area (Å²) in [6.45, 7) is 3.22. The van der Waals surface area contributed by atoms with Gasteiger partial charge < -0.3 is 24.6 Å². The van der Waals surface area contributed by atoms with Crippen LogP contribution in [-0.2, 0) is 27.9 Å². The second-order valence-electron chi connectivity index (χ2n) is 14.7. The van der Waals surface area contributed by atoms with E-state index in [1.165, 1.54) is 38.5 Å². The summed E-state index contributed by atoms with van der Waals surface area (Å²) in [7, 11) is -4.53. The molecule has 0 aliphatic carbocycles. The Morgan fingerprint density at radius 1 is 0.534 bits per heavy atom. The lowest BCUT2D eigenvalue weighted by Crippen LogP contribution is -2.29. The molecule has 0 saturated carbocycles. The zero-order valence-electron chi connectivity index (χ0n) is 36.5. The number of hydrogen-bond donors (Lipinski definition) is 3. The number of unbranched alkanes of at least 4 members (excludes halogenated alkanes) is 14.